The number of para-hydroxylation sites is 1. The zero-order valence-electron chi connectivity index (χ0n) is 20.5. The van der Waals surface area contributed by atoms with E-state index in [-0.39, 0.29) is 5.54 Å². The fraction of sp³-hybridized carbons (Fsp3) is 0.720. The number of hydrogen-bond acceptors (Lipinski definition) is 5. The molecule has 0 amide bonds. The van der Waals surface area contributed by atoms with Crippen molar-refractivity contribution in [3.63, 3.8) is 0 Å². The molecule has 0 aliphatic carbocycles. The van der Waals surface area contributed by atoms with Gasteiger partial charge in [-0.05, 0) is 52.3 Å². The van der Waals surface area contributed by atoms with Crippen molar-refractivity contribution in [3.05, 3.63) is 30.3 Å². The van der Waals surface area contributed by atoms with E-state index < -0.39 is 0 Å². The van der Waals surface area contributed by atoms with Crippen LogP contribution in [0.15, 0.2) is 35.3 Å². The highest BCUT2D eigenvalue weighted by atomic mass is 16.5. The first-order chi connectivity index (χ1) is 15.6. The quantitative estimate of drug-likeness (QED) is 0.328. The Balaban J connectivity index is 1.32. The summed E-state index contributed by atoms with van der Waals surface area (Å²) in [6, 6.07) is 10.8. The molecule has 2 heterocycles. The fourth-order valence-electron chi connectivity index (χ4n) is 4.42. The maximum Gasteiger partial charge on any atom is 0.191 e. The number of unbranched alkanes of at least 4 members (excludes halogenated alkanes) is 1. The number of aliphatic imine (C=N–C) groups is 1. The van der Waals surface area contributed by atoms with Gasteiger partial charge in [-0.2, -0.15) is 0 Å². The number of piperazine rings is 1. The molecule has 2 fully saturated rings. The van der Waals surface area contributed by atoms with E-state index in [0.29, 0.717) is 0 Å². The normalized spacial score (nSPS) is 19.2. The molecule has 180 valence electrons. The lowest BCUT2D eigenvalue weighted by Crippen LogP contribution is -2.52. The number of morpholine rings is 1. The molecular formula is C25H44N6O. The summed E-state index contributed by atoms with van der Waals surface area (Å²) in [4.78, 5) is 12.5. The van der Waals surface area contributed by atoms with E-state index in [9.17, 15) is 0 Å². The van der Waals surface area contributed by atoms with Crippen LogP contribution in [0, 0.1) is 0 Å². The van der Waals surface area contributed by atoms with Crippen LogP contribution < -0.4 is 15.5 Å². The van der Waals surface area contributed by atoms with E-state index in [1.807, 2.05) is 0 Å². The molecule has 2 aliphatic rings. The van der Waals surface area contributed by atoms with Crippen LogP contribution >= 0.6 is 0 Å². The predicted molar refractivity (Wildman–Crippen MR) is 135 cm³/mol. The first kappa shape index (κ1) is 24.8. The van der Waals surface area contributed by atoms with Crippen LogP contribution in [0.5, 0.6) is 0 Å². The number of ether oxygens (including phenoxy) is 1. The van der Waals surface area contributed by atoms with Crippen molar-refractivity contribution in [2.45, 2.75) is 39.2 Å². The van der Waals surface area contributed by atoms with Crippen LogP contribution in [0.25, 0.3) is 0 Å². The van der Waals surface area contributed by atoms with E-state index in [4.69, 9.17) is 9.73 Å². The third-order valence-electron chi connectivity index (χ3n) is 6.52. The molecule has 0 bridgehead atoms. The van der Waals surface area contributed by atoms with E-state index in [2.05, 4.69) is 76.4 Å². The molecule has 0 atom stereocenters. The molecule has 32 heavy (non-hydrogen) atoms. The zero-order chi connectivity index (χ0) is 22.7. The summed E-state index contributed by atoms with van der Waals surface area (Å²) in [7, 11) is 0. The van der Waals surface area contributed by atoms with Gasteiger partial charge in [0.15, 0.2) is 5.96 Å². The number of hydrogen-bond donors (Lipinski definition) is 2. The maximum atomic E-state index is 5.50. The average Bonchev–Trinajstić information content (AvgIpc) is 2.84. The summed E-state index contributed by atoms with van der Waals surface area (Å²) in [6.07, 6.45) is 2.38. The number of rotatable bonds is 10. The standard InChI is InChI=1S/C25H44N6O/c1-4-26-24(28-22-25(2,3)31-18-20-32-21-19-31)27-12-8-9-13-29-14-16-30(17-15-29)23-10-6-5-7-11-23/h5-7,10-11H,4,8-9,12-22H2,1-3H3,(H2,26,27,28). The molecule has 0 saturated carbocycles. The van der Waals surface area contributed by atoms with Gasteiger partial charge in [0.1, 0.15) is 0 Å². The van der Waals surface area contributed by atoms with Gasteiger partial charge in [0, 0.05) is 63.6 Å². The second-order valence-corrected chi connectivity index (χ2v) is 9.41. The van der Waals surface area contributed by atoms with Gasteiger partial charge in [-0.1, -0.05) is 18.2 Å². The van der Waals surface area contributed by atoms with Crippen LogP contribution in [-0.4, -0.2) is 100.0 Å². The van der Waals surface area contributed by atoms with Gasteiger partial charge in [0.2, 0.25) is 0 Å². The highest BCUT2D eigenvalue weighted by Crippen LogP contribution is 2.17. The van der Waals surface area contributed by atoms with Crippen LogP contribution in [0.1, 0.15) is 33.6 Å². The lowest BCUT2D eigenvalue weighted by Gasteiger charge is -2.39. The second kappa shape index (κ2) is 13.0. The number of nitrogens with zero attached hydrogens (tertiary/aromatic N) is 4. The summed E-state index contributed by atoms with van der Waals surface area (Å²) < 4.78 is 5.50. The molecule has 1 aromatic rings. The smallest absolute Gasteiger partial charge is 0.191 e. The Hall–Kier alpha value is -1.83. The topological polar surface area (TPSA) is 55.4 Å². The van der Waals surface area contributed by atoms with Crippen LogP contribution in [0.2, 0.25) is 0 Å². The predicted octanol–water partition coefficient (Wildman–Crippen LogP) is 2.25. The van der Waals surface area contributed by atoms with E-state index in [1.54, 1.807) is 0 Å². The van der Waals surface area contributed by atoms with Crippen molar-refractivity contribution < 1.29 is 4.74 Å². The Kier molecular flexibility index (Phi) is 10.1. The first-order valence-corrected chi connectivity index (χ1v) is 12.5. The molecule has 7 heteroatoms. The van der Waals surface area contributed by atoms with Crippen molar-refractivity contribution in [1.82, 2.24) is 20.4 Å². The molecule has 2 aliphatic heterocycles. The zero-order valence-corrected chi connectivity index (χ0v) is 20.5. The summed E-state index contributed by atoms with van der Waals surface area (Å²) in [5.74, 6) is 0.935. The van der Waals surface area contributed by atoms with Crippen molar-refractivity contribution in [2.24, 2.45) is 4.99 Å². The van der Waals surface area contributed by atoms with Crippen molar-refractivity contribution >= 4 is 11.6 Å². The largest absolute Gasteiger partial charge is 0.379 e. The first-order valence-electron chi connectivity index (χ1n) is 12.5. The lowest BCUT2D eigenvalue weighted by atomic mass is 10.0. The Morgan fingerprint density at radius 2 is 1.69 bits per heavy atom. The van der Waals surface area contributed by atoms with Crippen LogP contribution in [0.3, 0.4) is 0 Å². The Labute approximate surface area is 195 Å². The van der Waals surface area contributed by atoms with E-state index in [0.717, 1.165) is 84.5 Å². The van der Waals surface area contributed by atoms with Gasteiger partial charge >= 0.3 is 0 Å². The number of nitrogens with one attached hydrogen (secondary N) is 2. The van der Waals surface area contributed by atoms with Gasteiger partial charge < -0.3 is 20.3 Å². The monoisotopic (exact) mass is 444 g/mol. The molecule has 2 saturated heterocycles. The molecule has 0 radical (unpaired) electrons. The molecule has 2 N–H and O–H groups in total. The molecule has 0 aromatic heterocycles. The van der Waals surface area contributed by atoms with Gasteiger partial charge in [-0.3, -0.25) is 14.8 Å². The minimum atomic E-state index is 0.0496. The van der Waals surface area contributed by atoms with Crippen molar-refractivity contribution in [3.8, 4) is 0 Å². The fourth-order valence-corrected chi connectivity index (χ4v) is 4.42. The molecule has 3 rings (SSSR count). The highest BCUT2D eigenvalue weighted by molar-refractivity contribution is 5.79. The molecule has 0 spiro atoms. The van der Waals surface area contributed by atoms with Crippen molar-refractivity contribution in [2.75, 3.05) is 83.6 Å². The SMILES string of the molecule is CCNC(=NCC(C)(C)N1CCOCC1)NCCCCN1CCN(c2ccccc2)CC1. The Bertz CT molecular complexity index is 666. The van der Waals surface area contributed by atoms with E-state index in [1.165, 1.54) is 18.7 Å². The highest BCUT2D eigenvalue weighted by Gasteiger charge is 2.28. The van der Waals surface area contributed by atoms with Gasteiger partial charge in [0.05, 0.1) is 19.8 Å². The lowest BCUT2D eigenvalue weighted by molar-refractivity contribution is -0.00683. The number of anilines is 1. The second-order valence-electron chi connectivity index (χ2n) is 9.41. The minimum Gasteiger partial charge on any atom is -0.379 e. The van der Waals surface area contributed by atoms with Gasteiger partial charge in [0.25, 0.3) is 0 Å². The summed E-state index contributed by atoms with van der Waals surface area (Å²) in [5, 5.41) is 6.93. The van der Waals surface area contributed by atoms with E-state index >= 15 is 0 Å². The van der Waals surface area contributed by atoms with Crippen molar-refractivity contribution in [1.29, 1.82) is 0 Å². The van der Waals surface area contributed by atoms with Gasteiger partial charge in [-0.25, -0.2) is 0 Å². The number of benzene rings is 1. The maximum absolute atomic E-state index is 5.50. The Morgan fingerprint density at radius 1 is 0.969 bits per heavy atom. The summed E-state index contributed by atoms with van der Waals surface area (Å²) in [5.41, 5.74) is 1.40. The van der Waals surface area contributed by atoms with Crippen LogP contribution in [-0.2, 0) is 4.74 Å². The third-order valence-corrected chi connectivity index (χ3v) is 6.52. The molecular weight excluding hydrogens is 400 g/mol. The minimum absolute atomic E-state index is 0.0496. The average molecular weight is 445 g/mol. The number of guanidine groups is 1. The molecule has 7 nitrogen and oxygen atoms in total. The molecule has 0 unspecified atom stereocenters. The van der Waals surface area contributed by atoms with Gasteiger partial charge in [-0.15, -0.1) is 0 Å². The summed E-state index contributed by atoms with van der Waals surface area (Å²) >= 11 is 0. The Morgan fingerprint density at radius 3 is 2.38 bits per heavy atom. The van der Waals surface area contributed by atoms with Crippen LogP contribution in [0.4, 0.5) is 5.69 Å². The molecule has 1 aromatic carbocycles. The summed E-state index contributed by atoms with van der Waals surface area (Å²) in [6.45, 7) is 18.7. The third kappa shape index (κ3) is 7.94.